The summed E-state index contributed by atoms with van der Waals surface area (Å²) in [6.45, 7) is 4.72. The van der Waals surface area contributed by atoms with Crippen LogP contribution in [-0.4, -0.2) is 19.5 Å². The zero-order valence-electron chi connectivity index (χ0n) is 29.2. The number of nitrogens with zero attached hydrogens (tertiary/aromatic N) is 4. The van der Waals surface area contributed by atoms with Gasteiger partial charge in [-0.25, -0.2) is 15.0 Å². The van der Waals surface area contributed by atoms with Crippen molar-refractivity contribution in [1.82, 2.24) is 19.5 Å². The minimum atomic E-state index is -0.107. The maximum Gasteiger partial charge on any atom is 0.164 e. The van der Waals surface area contributed by atoms with E-state index in [0.717, 1.165) is 27.8 Å². The van der Waals surface area contributed by atoms with Crippen LogP contribution in [0.1, 0.15) is 25.0 Å². The van der Waals surface area contributed by atoms with Crippen LogP contribution in [0.15, 0.2) is 158 Å². The summed E-state index contributed by atoms with van der Waals surface area (Å²) in [6, 6.07) is 56.2. The van der Waals surface area contributed by atoms with Gasteiger partial charge in [-0.2, -0.15) is 0 Å². The molecule has 7 aromatic carbocycles. The Morgan fingerprint density at radius 2 is 1.11 bits per heavy atom. The Balaban J connectivity index is 1.25. The van der Waals surface area contributed by atoms with Gasteiger partial charge >= 0.3 is 0 Å². The van der Waals surface area contributed by atoms with E-state index in [9.17, 15) is 0 Å². The minimum Gasteiger partial charge on any atom is -0.307 e. The maximum atomic E-state index is 5.19. The highest BCUT2D eigenvalue weighted by molar-refractivity contribution is 7.26. The summed E-state index contributed by atoms with van der Waals surface area (Å²) in [5, 5.41) is 4.88. The third kappa shape index (κ3) is 4.38. The van der Waals surface area contributed by atoms with E-state index < -0.39 is 0 Å². The second kappa shape index (κ2) is 11.3. The zero-order valence-corrected chi connectivity index (χ0v) is 30.0. The molecule has 0 saturated heterocycles. The predicted octanol–water partition coefficient (Wildman–Crippen LogP) is 12.6. The molecule has 1 aliphatic rings. The summed E-state index contributed by atoms with van der Waals surface area (Å²) in [5.74, 6) is 1.98. The second-order valence-corrected chi connectivity index (χ2v) is 15.4. The summed E-state index contributed by atoms with van der Waals surface area (Å²) in [5.41, 5.74) is 11.8. The molecule has 0 aliphatic heterocycles. The highest BCUT2D eigenvalue weighted by Gasteiger charge is 2.37. The van der Waals surface area contributed by atoms with Gasteiger partial charge in [0.05, 0.1) is 21.4 Å². The first-order valence-electron chi connectivity index (χ1n) is 18.0. The Morgan fingerprint density at radius 1 is 0.491 bits per heavy atom. The van der Waals surface area contributed by atoms with Crippen LogP contribution in [0.4, 0.5) is 0 Å². The number of fused-ring (bicyclic) bond motifs is 10. The van der Waals surface area contributed by atoms with Crippen LogP contribution in [0.2, 0.25) is 0 Å². The molecule has 0 bridgehead atoms. The van der Waals surface area contributed by atoms with E-state index in [0.29, 0.717) is 17.5 Å². The van der Waals surface area contributed by atoms with Crippen LogP contribution >= 0.6 is 11.3 Å². The molecule has 3 heterocycles. The number of benzene rings is 7. The van der Waals surface area contributed by atoms with E-state index >= 15 is 0 Å². The van der Waals surface area contributed by atoms with Crippen LogP contribution in [0.25, 0.3) is 93.0 Å². The number of para-hydroxylation sites is 1. The van der Waals surface area contributed by atoms with Gasteiger partial charge in [-0.05, 0) is 41.0 Å². The topological polar surface area (TPSA) is 43.6 Å². The molecule has 0 unspecified atom stereocenters. The number of thiophene rings is 1. The Morgan fingerprint density at radius 3 is 1.87 bits per heavy atom. The second-order valence-electron chi connectivity index (χ2n) is 14.4. The predicted molar refractivity (Wildman–Crippen MR) is 221 cm³/mol. The molecule has 0 radical (unpaired) electrons. The molecule has 1 aliphatic carbocycles. The van der Waals surface area contributed by atoms with Gasteiger partial charge in [-0.3, -0.25) is 0 Å². The normalized spacial score (nSPS) is 13.2. The molecule has 0 spiro atoms. The van der Waals surface area contributed by atoms with Gasteiger partial charge in [0.1, 0.15) is 0 Å². The molecule has 4 nitrogen and oxygen atoms in total. The lowest BCUT2D eigenvalue weighted by Gasteiger charge is -2.21. The lowest BCUT2D eigenvalue weighted by atomic mass is 9.82. The largest absolute Gasteiger partial charge is 0.307 e. The lowest BCUT2D eigenvalue weighted by Crippen LogP contribution is -2.14. The molecular weight excluding hydrogens is 665 g/mol. The van der Waals surface area contributed by atoms with Crippen molar-refractivity contribution in [2.45, 2.75) is 19.3 Å². The summed E-state index contributed by atoms with van der Waals surface area (Å²) >= 11 is 1.84. The molecule has 3 aromatic heterocycles. The van der Waals surface area contributed by atoms with Crippen molar-refractivity contribution in [2.24, 2.45) is 0 Å². The summed E-state index contributed by atoms with van der Waals surface area (Å²) in [7, 11) is 0. The first-order chi connectivity index (χ1) is 26.1. The third-order valence-corrected chi connectivity index (χ3v) is 12.3. The molecular formula is C48H32N4S. The van der Waals surface area contributed by atoms with E-state index in [1.54, 1.807) is 0 Å². The Bertz CT molecular complexity index is 3020. The van der Waals surface area contributed by atoms with Crippen molar-refractivity contribution < 1.29 is 0 Å². The molecule has 0 saturated carbocycles. The van der Waals surface area contributed by atoms with Crippen LogP contribution in [0.5, 0.6) is 0 Å². The van der Waals surface area contributed by atoms with Crippen LogP contribution in [0.3, 0.4) is 0 Å². The molecule has 0 fully saturated rings. The van der Waals surface area contributed by atoms with Gasteiger partial charge in [-0.15, -0.1) is 11.3 Å². The molecule has 11 rings (SSSR count). The number of hydrogen-bond acceptors (Lipinski definition) is 4. The minimum absolute atomic E-state index is 0.107. The standard InChI is InChI=1S/C48H32N4S/c1-48(2)36-22-12-9-20-33(36)42-37(48)27-25-32-31-19-10-13-23-38(31)52(43(32)42)39-28-26-35(41-34-21-11-14-24-40(34)53-44(39)41)47-50-45(29-15-5-3-6-16-29)49-46(51-47)30-17-7-4-8-18-30/h3-28H,1-2H3. The fourth-order valence-corrected chi connectivity index (χ4v) is 9.83. The van der Waals surface area contributed by atoms with Crippen molar-refractivity contribution in [3.63, 3.8) is 0 Å². The van der Waals surface area contributed by atoms with Gasteiger partial charge in [0.25, 0.3) is 0 Å². The van der Waals surface area contributed by atoms with E-state index in [-0.39, 0.29) is 5.41 Å². The van der Waals surface area contributed by atoms with Gasteiger partial charge in [0.15, 0.2) is 17.5 Å². The van der Waals surface area contributed by atoms with E-state index in [4.69, 9.17) is 15.0 Å². The van der Waals surface area contributed by atoms with Crippen molar-refractivity contribution in [3.05, 3.63) is 169 Å². The van der Waals surface area contributed by atoms with Crippen molar-refractivity contribution in [3.8, 4) is 51.0 Å². The molecule has 53 heavy (non-hydrogen) atoms. The molecule has 5 heteroatoms. The van der Waals surface area contributed by atoms with Crippen LogP contribution in [-0.2, 0) is 5.41 Å². The average Bonchev–Trinajstić information content (AvgIpc) is 3.84. The number of hydrogen-bond donors (Lipinski definition) is 0. The fraction of sp³-hybridized carbons (Fsp3) is 0.0625. The van der Waals surface area contributed by atoms with Crippen molar-refractivity contribution in [1.29, 1.82) is 0 Å². The van der Waals surface area contributed by atoms with E-state index in [1.807, 2.05) is 47.7 Å². The molecule has 0 atom stereocenters. The first kappa shape index (κ1) is 30.2. The molecule has 250 valence electrons. The monoisotopic (exact) mass is 696 g/mol. The average molecular weight is 697 g/mol. The van der Waals surface area contributed by atoms with Crippen molar-refractivity contribution >= 4 is 53.3 Å². The first-order valence-corrected chi connectivity index (χ1v) is 18.9. The fourth-order valence-electron chi connectivity index (χ4n) is 8.60. The van der Waals surface area contributed by atoms with Gasteiger partial charge in [0, 0.05) is 53.9 Å². The number of rotatable bonds is 4. The smallest absolute Gasteiger partial charge is 0.164 e. The Kier molecular flexibility index (Phi) is 6.43. The summed E-state index contributed by atoms with van der Waals surface area (Å²) < 4.78 is 4.97. The van der Waals surface area contributed by atoms with Gasteiger partial charge < -0.3 is 4.57 Å². The van der Waals surface area contributed by atoms with E-state index in [1.165, 1.54) is 58.8 Å². The van der Waals surface area contributed by atoms with E-state index in [2.05, 4.69) is 140 Å². The van der Waals surface area contributed by atoms with Crippen molar-refractivity contribution in [2.75, 3.05) is 0 Å². The van der Waals surface area contributed by atoms with Crippen LogP contribution in [0, 0.1) is 0 Å². The van der Waals surface area contributed by atoms with Gasteiger partial charge in [-0.1, -0.05) is 147 Å². The highest BCUT2D eigenvalue weighted by atomic mass is 32.1. The Labute approximate surface area is 310 Å². The highest BCUT2D eigenvalue weighted by Crippen LogP contribution is 2.53. The molecule has 10 aromatic rings. The maximum absolute atomic E-state index is 5.19. The third-order valence-electron chi connectivity index (χ3n) is 11.1. The zero-order chi connectivity index (χ0) is 35.3. The SMILES string of the molecule is CC1(C)c2ccccc2-c2c1ccc1c3ccccc3n(-c3ccc(-c4nc(-c5ccccc5)nc(-c5ccccc5)n4)c4c3sc3ccccc34)c21. The summed E-state index contributed by atoms with van der Waals surface area (Å²) in [6.07, 6.45) is 0. The number of aromatic nitrogens is 4. The van der Waals surface area contributed by atoms with Crippen LogP contribution < -0.4 is 0 Å². The van der Waals surface area contributed by atoms with Gasteiger partial charge in [0.2, 0.25) is 0 Å². The Hall–Kier alpha value is -6.43. The molecule has 0 amide bonds. The lowest BCUT2D eigenvalue weighted by molar-refractivity contribution is 0.661. The summed E-state index contributed by atoms with van der Waals surface area (Å²) in [4.78, 5) is 15.4. The quantitative estimate of drug-likeness (QED) is 0.184. The molecule has 0 N–H and O–H groups in total.